The Morgan fingerprint density at radius 3 is 2.55 bits per heavy atom. The number of anilines is 3. The summed E-state index contributed by atoms with van der Waals surface area (Å²) in [5.74, 6) is 0.349. The molecular formula is C23H23N4O4PS. The Labute approximate surface area is 195 Å². The van der Waals surface area contributed by atoms with Crippen molar-refractivity contribution in [1.82, 2.24) is 9.97 Å². The maximum Gasteiger partial charge on any atom is 0.334 e. The van der Waals surface area contributed by atoms with Gasteiger partial charge in [-0.3, -0.25) is 9.36 Å². The lowest BCUT2D eigenvalue weighted by molar-refractivity contribution is -0.114. The molecule has 0 aliphatic heterocycles. The number of carbonyl (C=O) groups is 1. The van der Waals surface area contributed by atoms with E-state index in [1.54, 1.807) is 17.5 Å². The third-order valence-electron chi connectivity index (χ3n) is 4.95. The minimum Gasteiger partial charge on any atom is -0.326 e. The molecule has 2 aromatic carbocycles. The summed E-state index contributed by atoms with van der Waals surface area (Å²) < 4.78 is 23.3. The van der Waals surface area contributed by atoms with E-state index < -0.39 is 7.60 Å². The lowest BCUT2D eigenvalue weighted by atomic mass is 10.1. The van der Waals surface area contributed by atoms with Crippen molar-refractivity contribution in [1.29, 1.82) is 0 Å². The van der Waals surface area contributed by atoms with Crippen molar-refractivity contribution in [3.8, 4) is 11.1 Å². The first-order chi connectivity index (χ1) is 15.9. The van der Waals surface area contributed by atoms with Gasteiger partial charge in [0, 0.05) is 43.5 Å². The van der Waals surface area contributed by atoms with Crippen LogP contribution in [0.3, 0.4) is 0 Å². The molecule has 4 rings (SSSR count). The van der Waals surface area contributed by atoms with E-state index in [9.17, 15) is 9.36 Å². The summed E-state index contributed by atoms with van der Waals surface area (Å²) in [4.78, 5) is 20.5. The molecule has 0 aliphatic carbocycles. The van der Waals surface area contributed by atoms with Crippen molar-refractivity contribution in [3.63, 3.8) is 0 Å². The minimum absolute atomic E-state index is 0.116. The van der Waals surface area contributed by atoms with E-state index in [0.717, 1.165) is 38.3 Å². The van der Waals surface area contributed by atoms with Crippen LogP contribution >= 0.6 is 18.9 Å². The summed E-state index contributed by atoms with van der Waals surface area (Å²) in [7, 11) is -0.364. The summed E-state index contributed by atoms with van der Waals surface area (Å²) in [5.41, 5.74) is 5.13. The Morgan fingerprint density at radius 1 is 1.09 bits per heavy atom. The average molecular weight is 483 g/mol. The minimum atomic E-state index is -3.12. The first kappa shape index (κ1) is 23.1. The molecule has 2 N–H and O–H groups in total. The molecule has 0 aliphatic rings. The first-order valence-electron chi connectivity index (χ1n) is 10.1. The van der Waals surface area contributed by atoms with Crippen LogP contribution in [0, 0.1) is 0 Å². The molecular weight excluding hydrogens is 459 g/mol. The standard InChI is InChI=1S/C23H23N4O4PS/c1-15(28)25-19-6-4-5-17(11-19)20-14-33-21-12-24-23(27-22(20)21)26-18-9-7-16(8-10-18)13-32(29,30-2)31-3/h4-12,14H,13H2,1-3H3,(H,25,28)(H,24,26,27). The van der Waals surface area contributed by atoms with E-state index in [2.05, 4.69) is 15.6 Å². The van der Waals surface area contributed by atoms with Crippen molar-refractivity contribution in [2.75, 3.05) is 24.9 Å². The Morgan fingerprint density at radius 2 is 1.85 bits per heavy atom. The lowest BCUT2D eigenvalue weighted by Crippen LogP contribution is -2.05. The van der Waals surface area contributed by atoms with Gasteiger partial charge in [-0.2, -0.15) is 0 Å². The summed E-state index contributed by atoms with van der Waals surface area (Å²) >= 11 is 1.56. The monoisotopic (exact) mass is 482 g/mol. The molecule has 2 aromatic heterocycles. The molecule has 0 unspecified atom stereocenters. The third kappa shape index (κ3) is 5.46. The highest BCUT2D eigenvalue weighted by Crippen LogP contribution is 2.49. The zero-order valence-electron chi connectivity index (χ0n) is 18.4. The number of fused-ring (bicyclic) bond motifs is 1. The number of rotatable bonds is 8. The molecule has 2 heterocycles. The van der Waals surface area contributed by atoms with Gasteiger partial charge in [0.25, 0.3) is 0 Å². The Kier molecular flexibility index (Phi) is 6.85. The van der Waals surface area contributed by atoms with Crippen molar-refractivity contribution in [2.24, 2.45) is 0 Å². The van der Waals surface area contributed by atoms with Crippen molar-refractivity contribution >= 4 is 52.4 Å². The fraction of sp³-hybridized carbons (Fsp3) is 0.174. The number of amides is 1. The number of benzene rings is 2. The molecule has 0 atom stereocenters. The van der Waals surface area contributed by atoms with Crippen LogP contribution in [-0.4, -0.2) is 30.1 Å². The lowest BCUT2D eigenvalue weighted by Gasteiger charge is -2.13. The molecule has 8 nitrogen and oxygen atoms in total. The SMILES string of the molecule is COP(=O)(Cc1ccc(Nc2ncc3scc(-c4cccc(NC(C)=O)c4)c3n2)cc1)OC. The quantitative estimate of drug-likeness (QED) is 0.295. The molecule has 0 saturated carbocycles. The molecule has 170 valence electrons. The molecule has 0 saturated heterocycles. The van der Waals surface area contributed by atoms with Gasteiger partial charge in [0.05, 0.1) is 22.6 Å². The van der Waals surface area contributed by atoms with Crippen LogP contribution in [0.2, 0.25) is 0 Å². The zero-order chi connectivity index (χ0) is 23.4. The molecule has 1 amide bonds. The van der Waals surface area contributed by atoms with Crippen LogP contribution in [0.5, 0.6) is 0 Å². The van der Waals surface area contributed by atoms with Gasteiger partial charge in [-0.1, -0.05) is 24.3 Å². The van der Waals surface area contributed by atoms with E-state index in [-0.39, 0.29) is 12.1 Å². The normalized spacial score (nSPS) is 11.5. The average Bonchev–Trinajstić information content (AvgIpc) is 3.23. The van der Waals surface area contributed by atoms with Crippen LogP contribution in [0.1, 0.15) is 12.5 Å². The van der Waals surface area contributed by atoms with Gasteiger partial charge < -0.3 is 19.7 Å². The van der Waals surface area contributed by atoms with Crippen LogP contribution in [0.15, 0.2) is 60.1 Å². The Hall–Kier alpha value is -3.10. The second kappa shape index (κ2) is 9.80. The van der Waals surface area contributed by atoms with Gasteiger partial charge in [0.1, 0.15) is 0 Å². The number of nitrogens with zero attached hydrogens (tertiary/aromatic N) is 2. The predicted octanol–water partition coefficient (Wildman–Crippen LogP) is 6.05. The number of thiophene rings is 1. The van der Waals surface area contributed by atoms with Crippen molar-refractivity contribution in [3.05, 3.63) is 65.7 Å². The largest absolute Gasteiger partial charge is 0.334 e. The predicted molar refractivity (Wildman–Crippen MR) is 132 cm³/mol. The second-order valence-electron chi connectivity index (χ2n) is 7.27. The van der Waals surface area contributed by atoms with E-state index in [1.807, 2.05) is 53.9 Å². The number of hydrogen-bond acceptors (Lipinski definition) is 8. The van der Waals surface area contributed by atoms with Gasteiger partial charge in [-0.05, 0) is 35.4 Å². The van der Waals surface area contributed by atoms with Crippen LogP contribution in [0.4, 0.5) is 17.3 Å². The van der Waals surface area contributed by atoms with E-state index in [4.69, 9.17) is 14.0 Å². The van der Waals surface area contributed by atoms with Crippen LogP contribution in [0.25, 0.3) is 21.3 Å². The van der Waals surface area contributed by atoms with Gasteiger partial charge in [0.15, 0.2) is 0 Å². The first-order valence-corrected chi connectivity index (χ1v) is 12.7. The highest BCUT2D eigenvalue weighted by Gasteiger charge is 2.21. The molecule has 0 fully saturated rings. The smallest absolute Gasteiger partial charge is 0.326 e. The van der Waals surface area contributed by atoms with Crippen molar-refractivity contribution < 1.29 is 18.4 Å². The van der Waals surface area contributed by atoms with Gasteiger partial charge in [0.2, 0.25) is 11.9 Å². The van der Waals surface area contributed by atoms with Crippen molar-refractivity contribution in [2.45, 2.75) is 13.1 Å². The van der Waals surface area contributed by atoms with E-state index >= 15 is 0 Å². The van der Waals surface area contributed by atoms with Gasteiger partial charge in [-0.15, -0.1) is 11.3 Å². The fourth-order valence-corrected chi connectivity index (χ4v) is 5.25. The van der Waals surface area contributed by atoms with Gasteiger partial charge in [-0.25, -0.2) is 9.97 Å². The zero-order valence-corrected chi connectivity index (χ0v) is 20.1. The number of hydrogen-bond donors (Lipinski definition) is 2. The van der Waals surface area contributed by atoms with Gasteiger partial charge >= 0.3 is 7.60 Å². The number of nitrogens with one attached hydrogen (secondary N) is 2. The summed E-state index contributed by atoms with van der Waals surface area (Å²) in [6.07, 6.45) is 1.98. The Balaban J connectivity index is 1.57. The highest BCUT2D eigenvalue weighted by atomic mass is 32.1. The molecule has 4 aromatic rings. The van der Waals surface area contributed by atoms with Crippen LogP contribution < -0.4 is 10.6 Å². The van der Waals surface area contributed by atoms with E-state index in [1.165, 1.54) is 21.1 Å². The maximum atomic E-state index is 12.3. The summed E-state index contributed by atoms with van der Waals surface area (Å²) in [5, 5.41) is 8.06. The molecule has 33 heavy (non-hydrogen) atoms. The molecule has 0 spiro atoms. The molecule has 10 heteroatoms. The third-order valence-corrected chi connectivity index (χ3v) is 7.72. The van der Waals surface area contributed by atoms with E-state index in [0.29, 0.717) is 5.95 Å². The molecule has 0 bridgehead atoms. The second-order valence-corrected chi connectivity index (χ2v) is 10.5. The summed E-state index contributed by atoms with van der Waals surface area (Å²) in [6.45, 7) is 1.48. The number of aromatic nitrogens is 2. The Bertz CT molecular complexity index is 1330. The van der Waals surface area contributed by atoms with Crippen LogP contribution in [-0.2, 0) is 24.6 Å². The highest BCUT2D eigenvalue weighted by molar-refractivity contribution is 7.52. The summed E-state index contributed by atoms with van der Waals surface area (Å²) in [6, 6.07) is 15.1. The fourth-order valence-electron chi connectivity index (χ4n) is 3.31. The maximum absolute atomic E-state index is 12.3. The topological polar surface area (TPSA) is 102 Å². The number of carbonyl (C=O) groups excluding carboxylic acids is 1. The molecule has 0 radical (unpaired) electrons.